The van der Waals surface area contributed by atoms with E-state index >= 15 is 0 Å². The summed E-state index contributed by atoms with van der Waals surface area (Å²) in [6.07, 6.45) is 0.922. The van der Waals surface area contributed by atoms with Gasteiger partial charge in [0.05, 0.1) is 11.2 Å². The van der Waals surface area contributed by atoms with Gasteiger partial charge in [0.2, 0.25) is 0 Å². The van der Waals surface area contributed by atoms with Crippen LogP contribution in [0.5, 0.6) is 0 Å². The molecule has 0 saturated carbocycles. The molecule has 0 aliphatic heterocycles. The van der Waals surface area contributed by atoms with E-state index < -0.39 is 0 Å². The van der Waals surface area contributed by atoms with E-state index in [1.54, 1.807) is 5.51 Å². The van der Waals surface area contributed by atoms with Crippen molar-refractivity contribution in [1.82, 2.24) is 10.3 Å². The summed E-state index contributed by atoms with van der Waals surface area (Å²) in [6, 6.07) is 9.97. The summed E-state index contributed by atoms with van der Waals surface area (Å²) in [5, 5.41) is 2.97. The van der Waals surface area contributed by atoms with Crippen LogP contribution >= 0.6 is 11.3 Å². The Kier molecular flexibility index (Phi) is 4.10. The number of hydrogen-bond acceptors (Lipinski definition) is 3. The number of benzene rings is 1. The fourth-order valence-electron chi connectivity index (χ4n) is 1.60. The molecule has 1 N–H and O–H groups in total. The van der Waals surface area contributed by atoms with Crippen LogP contribution < -0.4 is 5.32 Å². The second kappa shape index (κ2) is 5.78. The minimum atomic E-state index is -0.0364. The summed E-state index contributed by atoms with van der Waals surface area (Å²) in [6.45, 7) is 4.05. The first-order valence-electron chi connectivity index (χ1n) is 6.02. The minimum Gasteiger partial charge on any atom is -0.349 e. The van der Waals surface area contributed by atoms with Gasteiger partial charge >= 0.3 is 0 Å². The smallest absolute Gasteiger partial charge is 0.263 e. The molecule has 1 amide bonds. The van der Waals surface area contributed by atoms with Crippen LogP contribution in [0.3, 0.4) is 0 Å². The highest BCUT2D eigenvalue weighted by atomic mass is 32.1. The van der Waals surface area contributed by atoms with Crippen molar-refractivity contribution in [1.29, 1.82) is 0 Å². The third-order valence-corrected chi connectivity index (χ3v) is 3.64. The minimum absolute atomic E-state index is 0.0364. The second-order valence-electron chi connectivity index (χ2n) is 4.18. The summed E-state index contributed by atoms with van der Waals surface area (Å²) in [5.74, 6) is -0.0364. The zero-order valence-electron chi connectivity index (χ0n) is 10.5. The normalized spacial score (nSPS) is 12.1. The van der Waals surface area contributed by atoms with Gasteiger partial charge in [-0.15, -0.1) is 11.3 Å². The molecule has 0 spiro atoms. The molecule has 18 heavy (non-hydrogen) atoms. The Morgan fingerprint density at radius 2 is 2.11 bits per heavy atom. The van der Waals surface area contributed by atoms with Crippen molar-refractivity contribution in [3.63, 3.8) is 0 Å². The Bertz CT molecular complexity index is 522. The first-order valence-corrected chi connectivity index (χ1v) is 6.90. The van der Waals surface area contributed by atoms with Crippen LogP contribution in [0.15, 0.2) is 35.8 Å². The predicted octanol–water partition coefficient (Wildman–Crippen LogP) is 3.34. The first kappa shape index (κ1) is 12.8. The first-order chi connectivity index (χ1) is 8.72. The lowest BCUT2D eigenvalue weighted by atomic mass is 10.1. The molecule has 0 radical (unpaired) electrons. The van der Waals surface area contributed by atoms with Crippen LogP contribution in [-0.2, 0) is 0 Å². The quantitative estimate of drug-likeness (QED) is 0.916. The largest absolute Gasteiger partial charge is 0.349 e. The van der Waals surface area contributed by atoms with E-state index in [4.69, 9.17) is 0 Å². The number of rotatable bonds is 4. The van der Waals surface area contributed by atoms with E-state index in [0.717, 1.165) is 17.7 Å². The van der Waals surface area contributed by atoms with Crippen LogP contribution in [0.25, 0.3) is 11.3 Å². The molecule has 0 bridgehead atoms. The molecule has 3 nitrogen and oxygen atoms in total. The van der Waals surface area contributed by atoms with Crippen molar-refractivity contribution in [2.45, 2.75) is 26.3 Å². The molecule has 4 heteroatoms. The molecule has 1 aromatic carbocycles. The molecule has 1 heterocycles. The van der Waals surface area contributed by atoms with E-state index in [2.05, 4.69) is 17.2 Å². The second-order valence-corrected chi connectivity index (χ2v) is 5.03. The lowest BCUT2D eigenvalue weighted by Crippen LogP contribution is -2.31. The molecular formula is C14H16N2OS. The van der Waals surface area contributed by atoms with Crippen molar-refractivity contribution in [3.05, 3.63) is 40.7 Å². The monoisotopic (exact) mass is 260 g/mol. The molecule has 0 fully saturated rings. The summed E-state index contributed by atoms with van der Waals surface area (Å²) >= 11 is 1.38. The third kappa shape index (κ3) is 2.76. The molecular weight excluding hydrogens is 244 g/mol. The number of aromatic nitrogens is 1. The number of thiazole rings is 1. The highest BCUT2D eigenvalue weighted by Gasteiger charge is 2.16. The van der Waals surface area contributed by atoms with Crippen molar-refractivity contribution in [2.75, 3.05) is 0 Å². The average molecular weight is 260 g/mol. The van der Waals surface area contributed by atoms with E-state index in [0.29, 0.717) is 4.88 Å². The highest BCUT2D eigenvalue weighted by Crippen LogP contribution is 2.25. The van der Waals surface area contributed by atoms with Gasteiger partial charge in [-0.05, 0) is 13.3 Å². The standard InChI is InChI=1S/C14H16N2OS/c1-3-10(2)16-14(17)13-12(15-9-18-13)11-7-5-4-6-8-11/h4-10H,3H2,1-2H3,(H,16,17). The van der Waals surface area contributed by atoms with Gasteiger partial charge in [-0.2, -0.15) is 0 Å². The predicted molar refractivity (Wildman–Crippen MR) is 74.8 cm³/mol. The van der Waals surface area contributed by atoms with Crippen molar-refractivity contribution < 1.29 is 4.79 Å². The Hall–Kier alpha value is -1.68. The highest BCUT2D eigenvalue weighted by molar-refractivity contribution is 7.12. The molecule has 2 rings (SSSR count). The summed E-state index contributed by atoms with van der Waals surface area (Å²) < 4.78 is 0. The summed E-state index contributed by atoms with van der Waals surface area (Å²) in [4.78, 5) is 17.1. The molecule has 1 aromatic heterocycles. The van der Waals surface area contributed by atoms with E-state index in [1.807, 2.05) is 37.3 Å². The Labute approximate surface area is 111 Å². The fraction of sp³-hybridized carbons (Fsp3) is 0.286. The Morgan fingerprint density at radius 3 is 2.78 bits per heavy atom. The number of nitrogens with zero attached hydrogens (tertiary/aromatic N) is 1. The van der Waals surface area contributed by atoms with Gasteiger partial charge in [-0.25, -0.2) is 4.98 Å². The molecule has 0 saturated heterocycles. The van der Waals surface area contributed by atoms with E-state index in [-0.39, 0.29) is 11.9 Å². The molecule has 2 aromatic rings. The molecule has 0 aliphatic rings. The fourth-order valence-corrected chi connectivity index (χ4v) is 2.31. The summed E-state index contributed by atoms with van der Waals surface area (Å²) in [7, 11) is 0. The van der Waals surface area contributed by atoms with Gasteiger partial charge in [0, 0.05) is 11.6 Å². The van der Waals surface area contributed by atoms with Gasteiger partial charge in [0.1, 0.15) is 4.88 Å². The SMILES string of the molecule is CCC(C)NC(=O)c1scnc1-c1ccccc1. The molecule has 0 aliphatic carbocycles. The Morgan fingerprint density at radius 1 is 1.39 bits per heavy atom. The zero-order chi connectivity index (χ0) is 13.0. The maximum atomic E-state index is 12.1. The number of carbonyl (C=O) groups is 1. The van der Waals surface area contributed by atoms with E-state index in [9.17, 15) is 4.79 Å². The van der Waals surface area contributed by atoms with Gasteiger partial charge in [0.15, 0.2) is 0 Å². The van der Waals surface area contributed by atoms with Crippen molar-refractivity contribution in [2.24, 2.45) is 0 Å². The Balaban J connectivity index is 2.26. The number of hydrogen-bond donors (Lipinski definition) is 1. The van der Waals surface area contributed by atoms with Gasteiger partial charge in [0.25, 0.3) is 5.91 Å². The maximum absolute atomic E-state index is 12.1. The lowest BCUT2D eigenvalue weighted by Gasteiger charge is -2.10. The van der Waals surface area contributed by atoms with Gasteiger partial charge < -0.3 is 5.32 Å². The van der Waals surface area contributed by atoms with Gasteiger partial charge in [-0.1, -0.05) is 37.3 Å². The topological polar surface area (TPSA) is 42.0 Å². The number of carbonyl (C=O) groups excluding carboxylic acids is 1. The van der Waals surface area contributed by atoms with Gasteiger partial charge in [-0.3, -0.25) is 4.79 Å². The molecule has 1 unspecified atom stereocenters. The maximum Gasteiger partial charge on any atom is 0.263 e. The molecule has 94 valence electrons. The van der Waals surface area contributed by atoms with Crippen LogP contribution in [0.4, 0.5) is 0 Å². The molecule has 1 atom stereocenters. The van der Waals surface area contributed by atoms with E-state index in [1.165, 1.54) is 11.3 Å². The van der Waals surface area contributed by atoms with Crippen molar-refractivity contribution >= 4 is 17.2 Å². The van der Waals surface area contributed by atoms with Crippen LogP contribution in [0.2, 0.25) is 0 Å². The van der Waals surface area contributed by atoms with Crippen LogP contribution in [-0.4, -0.2) is 16.9 Å². The zero-order valence-corrected chi connectivity index (χ0v) is 11.3. The number of nitrogens with one attached hydrogen (secondary N) is 1. The lowest BCUT2D eigenvalue weighted by molar-refractivity contribution is 0.0944. The van der Waals surface area contributed by atoms with Crippen LogP contribution in [0.1, 0.15) is 29.9 Å². The number of amides is 1. The van der Waals surface area contributed by atoms with Crippen molar-refractivity contribution in [3.8, 4) is 11.3 Å². The average Bonchev–Trinajstić information content (AvgIpc) is 2.88. The third-order valence-electron chi connectivity index (χ3n) is 2.81. The van der Waals surface area contributed by atoms with Crippen LogP contribution in [0, 0.1) is 0 Å². The summed E-state index contributed by atoms with van der Waals surface area (Å²) in [5.41, 5.74) is 3.46.